The molecule has 2 N–H and O–H groups in total. The van der Waals surface area contributed by atoms with Crippen molar-refractivity contribution in [3.63, 3.8) is 0 Å². The maximum absolute atomic E-state index is 6.21. The second kappa shape index (κ2) is 6.40. The lowest BCUT2D eigenvalue weighted by atomic mass is 10.0. The minimum absolute atomic E-state index is 0.222. The van der Waals surface area contributed by atoms with Gasteiger partial charge in [0, 0.05) is 18.0 Å². The van der Waals surface area contributed by atoms with Crippen LogP contribution in [0.25, 0.3) is 28.7 Å². The molecule has 3 heterocycles. The van der Waals surface area contributed by atoms with Crippen molar-refractivity contribution in [2.45, 2.75) is 19.8 Å². The molecule has 8 heteroatoms. The van der Waals surface area contributed by atoms with Gasteiger partial charge in [0.2, 0.25) is 5.82 Å². The van der Waals surface area contributed by atoms with Crippen LogP contribution >= 0.6 is 0 Å². The summed E-state index contributed by atoms with van der Waals surface area (Å²) < 4.78 is 6.86. The molecule has 1 aromatic carbocycles. The minimum atomic E-state index is 0.222. The van der Waals surface area contributed by atoms with Crippen LogP contribution in [0.5, 0.6) is 0 Å². The van der Waals surface area contributed by atoms with E-state index < -0.39 is 0 Å². The zero-order valence-electron chi connectivity index (χ0n) is 14.4. The Morgan fingerprint density at radius 3 is 2.46 bits per heavy atom. The van der Waals surface area contributed by atoms with Crippen LogP contribution < -0.4 is 5.73 Å². The molecule has 0 atom stereocenters. The Kier molecular flexibility index (Phi) is 3.92. The monoisotopic (exact) mass is 347 g/mol. The molecule has 0 radical (unpaired) electrons. The second-order valence-electron chi connectivity index (χ2n) is 6.14. The lowest BCUT2D eigenvalue weighted by Gasteiger charge is -2.07. The van der Waals surface area contributed by atoms with Crippen LogP contribution in [0.15, 0.2) is 53.3 Å². The van der Waals surface area contributed by atoms with Crippen LogP contribution in [0.4, 0.5) is 5.82 Å². The Labute approximate surface area is 149 Å². The molecule has 0 amide bonds. The number of pyridine rings is 1. The SMILES string of the molecule is CC(C)c1ccc(-n2nnc(-c3nc(-c4ccncc4)no3)c2N)cc1. The first-order valence-corrected chi connectivity index (χ1v) is 8.19. The quantitative estimate of drug-likeness (QED) is 0.604. The third-order valence-corrected chi connectivity index (χ3v) is 4.08. The van der Waals surface area contributed by atoms with E-state index in [2.05, 4.69) is 51.4 Å². The maximum atomic E-state index is 6.21. The molecule has 4 rings (SSSR count). The molecule has 0 spiro atoms. The van der Waals surface area contributed by atoms with Gasteiger partial charge in [0.05, 0.1) is 5.69 Å². The van der Waals surface area contributed by atoms with E-state index in [0.29, 0.717) is 23.3 Å². The number of hydrogen-bond donors (Lipinski definition) is 1. The molecule has 8 nitrogen and oxygen atoms in total. The number of benzene rings is 1. The standard InChI is InChI=1S/C18H17N7O/c1-11(2)12-3-5-14(6-4-12)25-16(19)15(22-24-25)18-21-17(23-26-18)13-7-9-20-10-8-13/h3-11H,19H2,1-2H3. The molecule has 0 unspecified atom stereocenters. The van der Waals surface area contributed by atoms with E-state index in [4.69, 9.17) is 10.3 Å². The second-order valence-corrected chi connectivity index (χ2v) is 6.14. The molecular formula is C18H17N7O. The fraction of sp³-hybridized carbons (Fsp3) is 0.167. The van der Waals surface area contributed by atoms with Crippen LogP contribution in [-0.2, 0) is 0 Å². The molecule has 0 bridgehead atoms. The van der Waals surface area contributed by atoms with E-state index in [1.165, 1.54) is 5.56 Å². The first-order chi connectivity index (χ1) is 12.6. The van der Waals surface area contributed by atoms with Gasteiger partial charge < -0.3 is 10.3 Å². The van der Waals surface area contributed by atoms with Gasteiger partial charge in [-0.2, -0.15) is 9.67 Å². The lowest BCUT2D eigenvalue weighted by Crippen LogP contribution is -2.02. The van der Waals surface area contributed by atoms with Crippen molar-refractivity contribution in [1.82, 2.24) is 30.1 Å². The number of nitrogens with two attached hydrogens (primary N) is 1. The Hall–Kier alpha value is -3.55. The Morgan fingerprint density at radius 1 is 1.04 bits per heavy atom. The largest absolute Gasteiger partial charge is 0.382 e. The van der Waals surface area contributed by atoms with Crippen molar-refractivity contribution in [3.05, 3.63) is 54.4 Å². The fourth-order valence-electron chi connectivity index (χ4n) is 2.57. The number of anilines is 1. The number of hydrogen-bond acceptors (Lipinski definition) is 7. The summed E-state index contributed by atoms with van der Waals surface area (Å²) >= 11 is 0. The van der Waals surface area contributed by atoms with Crippen molar-refractivity contribution < 1.29 is 4.52 Å². The van der Waals surface area contributed by atoms with Crippen molar-refractivity contribution >= 4 is 5.82 Å². The van der Waals surface area contributed by atoms with Gasteiger partial charge in [-0.25, -0.2) is 0 Å². The molecule has 0 aliphatic heterocycles. The topological polar surface area (TPSA) is 109 Å². The lowest BCUT2D eigenvalue weighted by molar-refractivity contribution is 0.431. The van der Waals surface area contributed by atoms with Crippen LogP contribution in [0, 0.1) is 0 Å². The minimum Gasteiger partial charge on any atom is -0.382 e. The molecule has 0 fully saturated rings. The molecule has 0 aliphatic carbocycles. The van der Waals surface area contributed by atoms with Crippen LogP contribution in [0.3, 0.4) is 0 Å². The smallest absolute Gasteiger partial charge is 0.282 e. The maximum Gasteiger partial charge on any atom is 0.282 e. The number of nitrogens with zero attached hydrogens (tertiary/aromatic N) is 6. The van der Waals surface area contributed by atoms with E-state index in [1.54, 1.807) is 29.2 Å². The van der Waals surface area contributed by atoms with Gasteiger partial charge >= 0.3 is 0 Å². The van der Waals surface area contributed by atoms with Crippen LogP contribution in [0.1, 0.15) is 25.3 Å². The average molecular weight is 347 g/mol. The molecule has 0 saturated heterocycles. The van der Waals surface area contributed by atoms with Gasteiger partial charge in [-0.15, -0.1) is 5.10 Å². The summed E-state index contributed by atoms with van der Waals surface area (Å²) in [5.41, 5.74) is 9.42. The molecule has 4 aromatic rings. The predicted molar refractivity (Wildman–Crippen MR) is 96.4 cm³/mol. The Bertz CT molecular complexity index is 1020. The molecular weight excluding hydrogens is 330 g/mol. The van der Waals surface area contributed by atoms with Gasteiger partial charge in [-0.1, -0.05) is 36.4 Å². The van der Waals surface area contributed by atoms with Crippen molar-refractivity contribution in [1.29, 1.82) is 0 Å². The van der Waals surface area contributed by atoms with E-state index in [0.717, 1.165) is 11.3 Å². The van der Waals surface area contributed by atoms with Gasteiger partial charge in [0.1, 0.15) is 0 Å². The number of nitrogen functional groups attached to an aromatic ring is 1. The van der Waals surface area contributed by atoms with Crippen LogP contribution in [0.2, 0.25) is 0 Å². The molecule has 0 aliphatic rings. The summed E-state index contributed by atoms with van der Waals surface area (Å²) in [5, 5.41) is 12.2. The van der Waals surface area contributed by atoms with Gasteiger partial charge in [0.25, 0.3) is 5.89 Å². The third kappa shape index (κ3) is 2.81. The highest BCUT2D eigenvalue weighted by molar-refractivity contribution is 5.66. The van der Waals surface area contributed by atoms with E-state index >= 15 is 0 Å². The van der Waals surface area contributed by atoms with Gasteiger partial charge in [-0.05, 0) is 35.7 Å². The Morgan fingerprint density at radius 2 is 1.77 bits per heavy atom. The summed E-state index contributed by atoms with van der Waals surface area (Å²) in [6.07, 6.45) is 3.33. The fourth-order valence-corrected chi connectivity index (χ4v) is 2.57. The highest BCUT2D eigenvalue weighted by atomic mass is 16.5. The molecule has 26 heavy (non-hydrogen) atoms. The Balaban J connectivity index is 1.67. The van der Waals surface area contributed by atoms with Gasteiger partial charge in [-0.3, -0.25) is 4.98 Å². The number of rotatable bonds is 4. The summed E-state index contributed by atoms with van der Waals surface area (Å²) in [6, 6.07) is 11.6. The number of aromatic nitrogens is 6. The highest BCUT2D eigenvalue weighted by Gasteiger charge is 2.19. The first kappa shape index (κ1) is 15.9. The van der Waals surface area contributed by atoms with Crippen molar-refractivity contribution in [3.8, 4) is 28.7 Å². The van der Waals surface area contributed by atoms with E-state index in [1.807, 2.05) is 12.1 Å². The van der Waals surface area contributed by atoms with Crippen molar-refractivity contribution in [2.24, 2.45) is 0 Å². The summed E-state index contributed by atoms with van der Waals surface area (Å²) in [6.45, 7) is 4.29. The molecule has 0 saturated carbocycles. The third-order valence-electron chi connectivity index (χ3n) is 4.08. The summed E-state index contributed by atoms with van der Waals surface area (Å²) in [4.78, 5) is 8.33. The average Bonchev–Trinajstić information content (AvgIpc) is 3.29. The van der Waals surface area contributed by atoms with Gasteiger partial charge in [0.15, 0.2) is 11.5 Å². The highest BCUT2D eigenvalue weighted by Crippen LogP contribution is 2.26. The predicted octanol–water partition coefficient (Wildman–Crippen LogP) is 3.08. The van der Waals surface area contributed by atoms with E-state index in [9.17, 15) is 0 Å². The summed E-state index contributed by atoms with van der Waals surface area (Å²) in [5.74, 6) is 1.46. The summed E-state index contributed by atoms with van der Waals surface area (Å²) in [7, 11) is 0. The first-order valence-electron chi connectivity index (χ1n) is 8.19. The zero-order chi connectivity index (χ0) is 18.1. The van der Waals surface area contributed by atoms with Crippen LogP contribution in [-0.4, -0.2) is 30.1 Å². The van der Waals surface area contributed by atoms with Crippen molar-refractivity contribution in [2.75, 3.05) is 5.73 Å². The normalized spacial score (nSPS) is 11.2. The zero-order valence-corrected chi connectivity index (χ0v) is 14.4. The van der Waals surface area contributed by atoms with E-state index in [-0.39, 0.29) is 5.89 Å². The molecule has 130 valence electrons. The molecule has 3 aromatic heterocycles.